The molecule has 33 heavy (non-hydrogen) atoms. The Morgan fingerprint density at radius 1 is 0.939 bits per heavy atom. The largest absolute Gasteiger partial charge is 0.472 e. The number of benzene rings is 3. The molecule has 0 N–H and O–H groups in total. The average molecular weight is 442 g/mol. The van der Waals surface area contributed by atoms with Gasteiger partial charge in [0.15, 0.2) is 0 Å². The van der Waals surface area contributed by atoms with Crippen molar-refractivity contribution in [2.75, 3.05) is 0 Å². The quantitative estimate of drug-likeness (QED) is 0.402. The molecule has 2 aromatic heterocycles. The van der Waals surface area contributed by atoms with Gasteiger partial charge in [-0.05, 0) is 45.8 Å². The third-order valence-electron chi connectivity index (χ3n) is 5.19. The van der Waals surface area contributed by atoms with Gasteiger partial charge in [0.2, 0.25) is 5.88 Å². The van der Waals surface area contributed by atoms with Crippen molar-refractivity contribution >= 4 is 0 Å². The Hall–Kier alpha value is -4.53. The minimum atomic E-state index is -0.364. The molecule has 0 bridgehead atoms. The number of nitrogens with zero attached hydrogens (tertiary/aromatic N) is 6. The van der Waals surface area contributed by atoms with E-state index in [1.54, 1.807) is 37.5 Å². The minimum absolute atomic E-state index is 0.129. The van der Waals surface area contributed by atoms with Crippen LogP contribution in [0, 0.1) is 5.82 Å². The zero-order chi connectivity index (χ0) is 22.8. The molecule has 0 spiro atoms. The number of ether oxygens (including phenoxy) is 1. The first kappa shape index (κ1) is 20.4. The smallest absolute Gasteiger partial charge is 0.368 e. The lowest BCUT2D eigenvalue weighted by molar-refractivity contribution is 0.292. The summed E-state index contributed by atoms with van der Waals surface area (Å²) >= 11 is 0. The van der Waals surface area contributed by atoms with Gasteiger partial charge in [0.25, 0.3) is 0 Å². The second kappa shape index (κ2) is 8.54. The molecule has 0 saturated heterocycles. The van der Waals surface area contributed by atoms with Gasteiger partial charge < -0.3 is 4.74 Å². The third kappa shape index (κ3) is 4.03. The lowest BCUT2D eigenvalue weighted by atomic mass is 9.98. The Morgan fingerprint density at radius 3 is 2.52 bits per heavy atom. The van der Waals surface area contributed by atoms with Crippen LogP contribution in [-0.4, -0.2) is 29.6 Å². The lowest BCUT2D eigenvalue weighted by Crippen LogP contribution is -2.23. The van der Waals surface area contributed by atoms with Crippen LogP contribution in [0.25, 0.3) is 22.5 Å². The van der Waals surface area contributed by atoms with Gasteiger partial charge in [0, 0.05) is 24.9 Å². The van der Waals surface area contributed by atoms with Crippen molar-refractivity contribution in [2.45, 2.75) is 6.61 Å². The molecule has 0 unspecified atom stereocenters. The molecule has 0 aliphatic heterocycles. The van der Waals surface area contributed by atoms with E-state index >= 15 is 0 Å². The topological polar surface area (TPSA) is 79.8 Å². The Balaban J connectivity index is 1.52. The molecule has 2 heterocycles. The fourth-order valence-corrected chi connectivity index (χ4v) is 3.57. The highest BCUT2D eigenvalue weighted by molar-refractivity contribution is 5.71. The summed E-state index contributed by atoms with van der Waals surface area (Å²) in [7, 11) is 1.54. The molecule has 164 valence electrons. The fourth-order valence-electron chi connectivity index (χ4n) is 3.57. The predicted octanol–water partition coefficient (Wildman–Crippen LogP) is 3.54. The molecule has 0 fully saturated rings. The maximum Gasteiger partial charge on any atom is 0.368 e. The number of hydrogen-bond acceptors (Lipinski definition) is 5. The van der Waals surface area contributed by atoms with Crippen molar-refractivity contribution in [3.8, 4) is 28.4 Å². The van der Waals surface area contributed by atoms with Crippen LogP contribution in [0.2, 0.25) is 0 Å². The maximum absolute atomic E-state index is 13.6. The maximum atomic E-state index is 13.6. The molecule has 3 aromatic carbocycles. The van der Waals surface area contributed by atoms with E-state index in [0.717, 1.165) is 16.7 Å². The summed E-state index contributed by atoms with van der Waals surface area (Å²) in [6.07, 6.45) is 1.70. The molecule has 0 saturated carbocycles. The Labute approximate surface area is 188 Å². The van der Waals surface area contributed by atoms with Gasteiger partial charge in [-0.2, -0.15) is 9.36 Å². The van der Waals surface area contributed by atoms with Crippen LogP contribution in [0.4, 0.5) is 4.39 Å². The van der Waals surface area contributed by atoms with Gasteiger partial charge in [-0.3, -0.25) is 0 Å². The zero-order valence-electron chi connectivity index (χ0n) is 17.7. The standard InChI is InChI=1S/C24H19FN6O2/c1-29-24(32)31(28-27-29)22-12-6-11-20(17-7-3-2-4-8-17)21(22)16-33-23-13-14-30(26-23)19-10-5-9-18(25)15-19/h2-15H,16H2,1H3. The van der Waals surface area contributed by atoms with Crippen LogP contribution >= 0.6 is 0 Å². The predicted molar refractivity (Wildman–Crippen MR) is 120 cm³/mol. The number of halogens is 1. The average Bonchev–Trinajstić information content (AvgIpc) is 3.45. The lowest BCUT2D eigenvalue weighted by Gasteiger charge is -2.14. The summed E-state index contributed by atoms with van der Waals surface area (Å²) in [5.41, 5.74) is 3.42. The summed E-state index contributed by atoms with van der Waals surface area (Å²) in [5.74, 6) is 0.0147. The molecule has 9 heteroatoms. The molecule has 0 radical (unpaired) electrons. The van der Waals surface area contributed by atoms with E-state index in [-0.39, 0.29) is 18.1 Å². The van der Waals surface area contributed by atoms with Crippen LogP contribution < -0.4 is 10.4 Å². The van der Waals surface area contributed by atoms with Crippen molar-refractivity contribution in [3.63, 3.8) is 0 Å². The van der Waals surface area contributed by atoms with Crippen molar-refractivity contribution in [2.24, 2.45) is 7.05 Å². The monoisotopic (exact) mass is 442 g/mol. The highest BCUT2D eigenvalue weighted by Crippen LogP contribution is 2.29. The van der Waals surface area contributed by atoms with Crippen LogP contribution in [-0.2, 0) is 13.7 Å². The number of tetrazole rings is 1. The fraction of sp³-hybridized carbons (Fsp3) is 0.0833. The number of aromatic nitrogens is 6. The molecule has 0 amide bonds. The molecule has 0 aliphatic carbocycles. The SMILES string of the molecule is Cn1nnn(-c2cccc(-c3ccccc3)c2COc2ccn(-c3cccc(F)c3)n2)c1=O. The minimum Gasteiger partial charge on any atom is -0.472 e. The summed E-state index contributed by atoms with van der Waals surface area (Å²) in [4.78, 5) is 12.5. The zero-order valence-corrected chi connectivity index (χ0v) is 17.7. The van der Waals surface area contributed by atoms with Gasteiger partial charge in [-0.25, -0.2) is 13.9 Å². The molecular formula is C24H19FN6O2. The van der Waals surface area contributed by atoms with E-state index in [2.05, 4.69) is 15.5 Å². The Morgan fingerprint density at radius 2 is 1.76 bits per heavy atom. The van der Waals surface area contributed by atoms with Gasteiger partial charge in [-0.15, -0.1) is 5.10 Å². The van der Waals surface area contributed by atoms with E-state index in [4.69, 9.17) is 4.74 Å². The highest BCUT2D eigenvalue weighted by atomic mass is 19.1. The first-order valence-electron chi connectivity index (χ1n) is 10.2. The van der Waals surface area contributed by atoms with Gasteiger partial charge >= 0.3 is 5.69 Å². The van der Waals surface area contributed by atoms with Crippen LogP contribution in [0.15, 0.2) is 89.9 Å². The van der Waals surface area contributed by atoms with Crippen LogP contribution in [0.5, 0.6) is 5.88 Å². The Bertz CT molecular complexity index is 1470. The number of rotatable bonds is 6. The van der Waals surface area contributed by atoms with Gasteiger partial charge in [0.1, 0.15) is 12.4 Å². The normalized spacial score (nSPS) is 11.0. The van der Waals surface area contributed by atoms with E-state index < -0.39 is 0 Å². The highest BCUT2D eigenvalue weighted by Gasteiger charge is 2.17. The summed E-state index contributed by atoms with van der Waals surface area (Å²) in [6.45, 7) is 0.129. The first-order chi connectivity index (χ1) is 16.1. The number of hydrogen-bond donors (Lipinski definition) is 0. The molecule has 0 atom stereocenters. The second-order valence-electron chi connectivity index (χ2n) is 7.33. The van der Waals surface area contributed by atoms with Crippen molar-refractivity contribution in [1.29, 1.82) is 0 Å². The van der Waals surface area contributed by atoms with Gasteiger partial charge in [0.05, 0.1) is 11.4 Å². The van der Waals surface area contributed by atoms with Crippen molar-refractivity contribution in [3.05, 3.63) is 107 Å². The van der Waals surface area contributed by atoms with E-state index in [0.29, 0.717) is 17.3 Å². The van der Waals surface area contributed by atoms with Gasteiger partial charge in [-0.1, -0.05) is 48.5 Å². The molecule has 5 rings (SSSR count). The molecule has 0 aliphatic rings. The summed E-state index contributed by atoms with van der Waals surface area (Å²) in [5, 5.41) is 12.2. The van der Waals surface area contributed by atoms with E-state index in [1.165, 1.54) is 26.2 Å². The van der Waals surface area contributed by atoms with Crippen LogP contribution in [0.1, 0.15) is 5.56 Å². The summed E-state index contributed by atoms with van der Waals surface area (Å²) in [6, 6.07) is 23.3. The second-order valence-corrected chi connectivity index (χ2v) is 7.33. The van der Waals surface area contributed by atoms with Crippen LogP contribution in [0.3, 0.4) is 0 Å². The van der Waals surface area contributed by atoms with Crippen molar-refractivity contribution < 1.29 is 9.13 Å². The number of aryl methyl sites for hydroxylation is 1. The first-order valence-corrected chi connectivity index (χ1v) is 10.2. The van der Waals surface area contributed by atoms with Crippen molar-refractivity contribution in [1.82, 2.24) is 29.6 Å². The molecular weight excluding hydrogens is 423 g/mol. The summed E-state index contributed by atoms with van der Waals surface area (Å²) < 4.78 is 23.5. The van der Waals surface area contributed by atoms with E-state index in [9.17, 15) is 9.18 Å². The third-order valence-corrected chi connectivity index (χ3v) is 5.19. The van der Waals surface area contributed by atoms with E-state index in [1.807, 2.05) is 42.5 Å². The molecule has 8 nitrogen and oxygen atoms in total. The Kier molecular flexibility index (Phi) is 5.27. The molecule has 5 aromatic rings.